The molecule has 3 aromatic rings. The molecule has 8 nitrogen and oxygen atoms in total. The van der Waals surface area contributed by atoms with Crippen molar-refractivity contribution in [1.82, 2.24) is 20.3 Å². The van der Waals surface area contributed by atoms with Crippen LogP contribution in [0.5, 0.6) is 0 Å². The van der Waals surface area contributed by atoms with E-state index in [-0.39, 0.29) is 0 Å². The zero-order valence-electron chi connectivity index (χ0n) is 18.5. The van der Waals surface area contributed by atoms with Crippen LogP contribution in [-0.2, 0) is 0 Å². The van der Waals surface area contributed by atoms with Gasteiger partial charge in [-0.3, -0.25) is 4.79 Å². The van der Waals surface area contributed by atoms with Crippen molar-refractivity contribution in [2.75, 3.05) is 24.3 Å². The smallest absolute Gasteiger partial charge is 0.252 e. The molecular weight excluding hydrogens is 402 g/mol. The van der Waals surface area contributed by atoms with E-state index in [1.54, 1.807) is 24.5 Å². The molecule has 0 unspecified atom stereocenters. The van der Waals surface area contributed by atoms with Gasteiger partial charge in [0.25, 0.3) is 5.91 Å². The highest BCUT2D eigenvalue weighted by Crippen LogP contribution is 2.29. The Morgan fingerprint density at radius 1 is 1.09 bits per heavy atom. The van der Waals surface area contributed by atoms with Crippen LogP contribution in [0.1, 0.15) is 36.0 Å². The first kappa shape index (κ1) is 21.7. The van der Waals surface area contributed by atoms with Crippen molar-refractivity contribution in [3.8, 4) is 11.4 Å². The molecule has 1 aromatic carbocycles. The lowest BCUT2D eigenvalue weighted by Crippen LogP contribution is -2.49. The number of benzene rings is 1. The molecule has 2 atom stereocenters. The number of hydrogen-bond donors (Lipinski definition) is 3. The van der Waals surface area contributed by atoms with Crippen LogP contribution in [0.4, 0.5) is 17.3 Å². The number of aromatic nitrogens is 3. The lowest BCUT2D eigenvalue weighted by Gasteiger charge is -2.38. The molecule has 0 radical (unpaired) electrons. The van der Waals surface area contributed by atoms with Gasteiger partial charge >= 0.3 is 0 Å². The van der Waals surface area contributed by atoms with Crippen molar-refractivity contribution < 1.29 is 4.79 Å². The van der Waals surface area contributed by atoms with Crippen molar-refractivity contribution >= 4 is 23.2 Å². The Labute approximate surface area is 188 Å². The minimum absolute atomic E-state index is 0.340. The summed E-state index contributed by atoms with van der Waals surface area (Å²) in [5.41, 5.74) is 7.62. The minimum atomic E-state index is -0.525. The van der Waals surface area contributed by atoms with Crippen LogP contribution in [0.15, 0.2) is 54.9 Å². The summed E-state index contributed by atoms with van der Waals surface area (Å²) in [6.45, 7) is 0. The standard InChI is InChI=1S/C24H29N7O/c1-26-19-9-3-4-10-20(19)31(2)21-12-11-18(22(25)32)24(30-21)29-17-8-5-7-16(15-17)23-27-13-6-14-28-23/h5-8,11-15,19-20,26H,3-4,9-10H2,1-2H3,(H2,25,32)(H,29,30)/t19-,20+/m0/s1. The van der Waals surface area contributed by atoms with Gasteiger partial charge in [-0.2, -0.15) is 0 Å². The Bertz CT molecular complexity index is 1070. The molecule has 1 amide bonds. The molecule has 0 spiro atoms. The lowest BCUT2D eigenvalue weighted by atomic mass is 9.89. The van der Waals surface area contributed by atoms with Crippen molar-refractivity contribution in [3.05, 3.63) is 60.4 Å². The van der Waals surface area contributed by atoms with Gasteiger partial charge in [0, 0.05) is 42.8 Å². The van der Waals surface area contributed by atoms with Gasteiger partial charge in [0.2, 0.25) is 0 Å². The fourth-order valence-corrected chi connectivity index (χ4v) is 4.34. The molecule has 8 heteroatoms. The quantitative estimate of drug-likeness (QED) is 0.526. The second-order valence-corrected chi connectivity index (χ2v) is 8.07. The molecule has 2 heterocycles. The molecule has 1 aliphatic rings. The highest BCUT2D eigenvalue weighted by molar-refractivity contribution is 5.98. The summed E-state index contributed by atoms with van der Waals surface area (Å²) in [4.78, 5) is 27.7. The summed E-state index contributed by atoms with van der Waals surface area (Å²) < 4.78 is 0. The van der Waals surface area contributed by atoms with Gasteiger partial charge < -0.3 is 21.3 Å². The molecular formula is C24H29N7O. The monoisotopic (exact) mass is 431 g/mol. The van der Waals surface area contributed by atoms with Gasteiger partial charge in [-0.05, 0) is 50.2 Å². The number of primary amides is 1. The number of nitrogens with two attached hydrogens (primary N) is 1. The number of amides is 1. The van der Waals surface area contributed by atoms with Crippen LogP contribution in [0.25, 0.3) is 11.4 Å². The molecule has 4 rings (SSSR count). The fraction of sp³-hybridized carbons (Fsp3) is 0.333. The summed E-state index contributed by atoms with van der Waals surface area (Å²) in [6.07, 6.45) is 8.09. The molecule has 0 bridgehead atoms. The molecule has 0 saturated heterocycles. The number of anilines is 3. The van der Waals surface area contributed by atoms with E-state index in [0.29, 0.717) is 29.3 Å². The second kappa shape index (κ2) is 9.74. The third kappa shape index (κ3) is 4.70. The van der Waals surface area contributed by atoms with E-state index in [9.17, 15) is 4.79 Å². The Hall–Kier alpha value is -3.52. The number of nitrogens with zero attached hydrogens (tertiary/aromatic N) is 4. The molecule has 0 aliphatic heterocycles. The zero-order valence-corrected chi connectivity index (χ0v) is 18.5. The second-order valence-electron chi connectivity index (χ2n) is 8.07. The average Bonchev–Trinajstić information content (AvgIpc) is 2.84. The predicted molar refractivity (Wildman–Crippen MR) is 127 cm³/mol. The Kier molecular flexibility index (Phi) is 6.61. The number of likely N-dealkylation sites (N-methyl/N-ethyl adjacent to an activating group) is 2. The van der Waals surface area contributed by atoms with E-state index in [2.05, 4.69) is 32.5 Å². The third-order valence-electron chi connectivity index (χ3n) is 6.05. The first-order valence-electron chi connectivity index (χ1n) is 10.9. The van der Waals surface area contributed by atoms with Crippen LogP contribution in [0.2, 0.25) is 0 Å². The van der Waals surface area contributed by atoms with Crippen LogP contribution in [-0.4, -0.2) is 47.0 Å². The van der Waals surface area contributed by atoms with Gasteiger partial charge in [-0.1, -0.05) is 25.0 Å². The Morgan fingerprint density at radius 2 is 1.88 bits per heavy atom. The maximum absolute atomic E-state index is 12.1. The van der Waals surface area contributed by atoms with E-state index >= 15 is 0 Å². The summed E-state index contributed by atoms with van der Waals surface area (Å²) in [5.74, 6) is 1.34. The van der Waals surface area contributed by atoms with Crippen molar-refractivity contribution in [2.45, 2.75) is 37.8 Å². The largest absolute Gasteiger partial charge is 0.365 e. The van der Waals surface area contributed by atoms with Gasteiger partial charge in [0.05, 0.1) is 5.56 Å². The number of carbonyl (C=O) groups is 1. The van der Waals surface area contributed by atoms with Crippen LogP contribution >= 0.6 is 0 Å². The van der Waals surface area contributed by atoms with Gasteiger partial charge in [0.1, 0.15) is 11.6 Å². The molecule has 4 N–H and O–H groups in total. The third-order valence-corrected chi connectivity index (χ3v) is 6.05. The number of carbonyl (C=O) groups excluding carboxylic acids is 1. The summed E-state index contributed by atoms with van der Waals surface area (Å²) in [5, 5.41) is 6.72. The SMILES string of the molecule is CN[C@H]1CCCC[C@H]1N(C)c1ccc(C(N)=O)c(Nc2cccc(-c3ncccn3)c2)n1. The molecule has 166 valence electrons. The normalized spacial score (nSPS) is 18.2. The van der Waals surface area contributed by atoms with Crippen LogP contribution in [0, 0.1) is 0 Å². The predicted octanol–water partition coefficient (Wildman–Crippen LogP) is 3.35. The molecule has 32 heavy (non-hydrogen) atoms. The summed E-state index contributed by atoms with van der Waals surface area (Å²) in [7, 11) is 4.07. The average molecular weight is 432 g/mol. The summed E-state index contributed by atoms with van der Waals surface area (Å²) >= 11 is 0. The first-order valence-corrected chi connectivity index (χ1v) is 10.9. The van der Waals surface area contributed by atoms with Crippen molar-refractivity contribution in [1.29, 1.82) is 0 Å². The van der Waals surface area contributed by atoms with Crippen LogP contribution in [0.3, 0.4) is 0 Å². The zero-order chi connectivity index (χ0) is 22.5. The summed E-state index contributed by atoms with van der Waals surface area (Å²) in [6, 6.07) is 13.8. The number of pyridine rings is 1. The van der Waals surface area contributed by atoms with E-state index in [0.717, 1.165) is 29.9 Å². The van der Waals surface area contributed by atoms with Gasteiger partial charge in [-0.15, -0.1) is 0 Å². The van der Waals surface area contributed by atoms with E-state index in [1.165, 1.54) is 12.8 Å². The molecule has 1 aliphatic carbocycles. The van der Waals surface area contributed by atoms with Crippen molar-refractivity contribution in [3.63, 3.8) is 0 Å². The van der Waals surface area contributed by atoms with E-state index < -0.39 is 5.91 Å². The Balaban J connectivity index is 1.64. The highest BCUT2D eigenvalue weighted by atomic mass is 16.1. The minimum Gasteiger partial charge on any atom is -0.365 e. The number of nitrogens with one attached hydrogen (secondary N) is 2. The topological polar surface area (TPSA) is 109 Å². The van der Waals surface area contributed by atoms with Gasteiger partial charge in [-0.25, -0.2) is 15.0 Å². The fourth-order valence-electron chi connectivity index (χ4n) is 4.34. The Morgan fingerprint density at radius 3 is 2.62 bits per heavy atom. The number of rotatable bonds is 7. The maximum Gasteiger partial charge on any atom is 0.252 e. The van der Waals surface area contributed by atoms with Crippen molar-refractivity contribution in [2.24, 2.45) is 5.73 Å². The van der Waals surface area contributed by atoms with Crippen LogP contribution < -0.4 is 21.3 Å². The highest BCUT2D eigenvalue weighted by Gasteiger charge is 2.28. The maximum atomic E-state index is 12.1. The molecule has 1 saturated carbocycles. The van der Waals surface area contributed by atoms with E-state index in [4.69, 9.17) is 10.7 Å². The first-order chi connectivity index (χ1) is 15.6. The van der Waals surface area contributed by atoms with E-state index in [1.807, 2.05) is 37.4 Å². The lowest BCUT2D eigenvalue weighted by molar-refractivity contribution is 0.100. The molecule has 1 fully saturated rings. The van der Waals surface area contributed by atoms with Gasteiger partial charge in [0.15, 0.2) is 5.82 Å². The number of hydrogen-bond acceptors (Lipinski definition) is 7. The molecule has 2 aromatic heterocycles.